The third kappa shape index (κ3) is 6.38. The largest absolute Gasteiger partial charge is 0.352 e. The van der Waals surface area contributed by atoms with Gasteiger partial charge >= 0.3 is 0 Å². The van der Waals surface area contributed by atoms with E-state index >= 15 is 0 Å². The number of amides is 1. The summed E-state index contributed by atoms with van der Waals surface area (Å²) >= 11 is 1.72. The van der Waals surface area contributed by atoms with Crippen LogP contribution in [0.4, 0.5) is 5.82 Å². The number of hydrogen-bond donors (Lipinski definition) is 0. The molecule has 2 atom stereocenters. The van der Waals surface area contributed by atoms with Gasteiger partial charge in [-0.3, -0.25) is 4.79 Å². The highest BCUT2D eigenvalue weighted by molar-refractivity contribution is 7.18. The van der Waals surface area contributed by atoms with Gasteiger partial charge < -0.3 is 9.80 Å². The standard InChI is InChI=1S/C30H33N7O2S/c1-4-8-25-10-7-6-9-22(3)37(34-33-25)39-20-23-11-13-24(14-12-23)30(38)36-17-15-35(16-18-36)28-27-19-26(5-2)40-29(27)32-21-31-28/h6-7,9-14,19,21-22,25H,5,15-18,20H2,1-3H3/b9-6-,10-7-,34-33?. The van der Waals surface area contributed by atoms with Gasteiger partial charge in [0.05, 0.1) is 11.4 Å². The molecule has 0 aliphatic carbocycles. The van der Waals surface area contributed by atoms with Gasteiger partial charge in [0.25, 0.3) is 5.91 Å². The van der Waals surface area contributed by atoms with Crippen LogP contribution in [0.3, 0.4) is 0 Å². The highest BCUT2D eigenvalue weighted by Gasteiger charge is 2.24. The van der Waals surface area contributed by atoms with Crippen molar-refractivity contribution in [1.29, 1.82) is 0 Å². The maximum atomic E-state index is 13.2. The SMILES string of the molecule is CC#CC1/C=C\C=C/C(C)N(OCc2ccc(C(=O)N3CCN(c4ncnc5sc(CC)cc45)CC3)cc2)N=N1. The van der Waals surface area contributed by atoms with Gasteiger partial charge in [0.15, 0.2) is 6.04 Å². The van der Waals surface area contributed by atoms with Crippen molar-refractivity contribution in [1.82, 2.24) is 20.0 Å². The zero-order valence-corrected chi connectivity index (χ0v) is 23.8. The Hall–Kier alpha value is -4.07. The summed E-state index contributed by atoms with van der Waals surface area (Å²) in [6, 6.07) is 9.34. The van der Waals surface area contributed by atoms with Crippen molar-refractivity contribution in [3.8, 4) is 11.8 Å². The molecular weight excluding hydrogens is 522 g/mol. The summed E-state index contributed by atoms with van der Waals surface area (Å²) in [5.74, 6) is 6.86. The summed E-state index contributed by atoms with van der Waals surface area (Å²) in [6.07, 6.45) is 10.4. The number of piperazine rings is 1. The van der Waals surface area contributed by atoms with Gasteiger partial charge in [0, 0.05) is 36.6 Å². The maximum Gasteiger partial charge on any atom is 0.253 e. The Morgan fingerprint density at radius 2 is 1.88 bits per heavy atom. The van der Waals surface area contributed by atoms with Gasteiger partial charge in [-0.05, 0) is 55.3 Å². The average Bonchev–Trinajstić information content (AvgIpc) is 3.45. The molecule has 4 heterocycles. The molecule has 9 nitrogen and oxygen atoms in total. The summed E-state index contributed by atoms with van der Waals surface area (Å²) < 4.78 is 0. The monoisotopic (exact) mass is 555 g/mol. The Bertz CT molecular complexity index is 1480. The van der Waals surface area contributed by atoms with E-state index in [9.17, 15) is 4.79 Å². The Morgan fingerprint density at radius 3 is 2.62 bits per heavy atom. The first-order chi connectivity index (χ1) is 19.6. The minimum atomic E-state index is -0.315. The molecule has 5 rings (SSSR count). The van der Waals surface area contributed by atoms with E-state index in [2.05, 4.69) is 50.0 Å². The number of allylic oxidation sites excluding steroid dienone is 2. The van der Waals surface area contributed by atoms with E-state index in [0.29, 0.717) is 25.3 Å². The fourth-order valence-electron chi connectivity index (χ4n) is 4.57. The van der Waals surface area contributed by atoms with Gasteiger partial charge in [0.2, 0.25) is 0 Å². The van der Waals surface area contributed by atoms with Crippen molar-refractivity contribution in [3.05, 3.63) is 77.0 Å². The van der Waals surface area contributed by atoms with Gasteiger partial charge in [-0.25, -0.2) is 14.8 Å². The molecule has 2 unspecified atom stereocenters. The van der Waals surface area contributed by atoms with Crippen LogP contribution in [-0.4, -0.2) is 64.2 Å². The first-order valence-electron chi connectivity index (χ1n) is 13.5. The Morgan fingerprint density at radius 1 is 1.10 bits per heavy atom. The average molecular weight is 556 g/mol. The van der Waals surface area contributed by atoms with E-state index in [0.717, 1.165) is 41.1 Å². The maximum absolute atomic E-state index is 13.2. The molecule has 2 aliphatic rings. The van der Waals surface area contributed by atoms with Crippen LogP contribution in [-0.2, 0) is 17.9 Å². The fourth-order valence-corrected chi connectivity index (χ4v) is 5.50. The van der Waals surface area contributed by atoms with Crippen molar-refractivity contribution >= 4 is 33.3 Å². The fraction of sp³-hybridized carbons (Fsp3) is 0.367. The van der Waals surface area contributed by atoms with Crippen molar-refractivity contribution in [3.63, 3.8) is 0 Å². The van der Waals surface area contributed by atoms with Crippen LogP contribution in [0.2, 0.25) is 0 Å². The predicted octanol–water partition coefficient (Wildman–Crippen LogP) is 5.22. The van der Waals surface area contributed by atoms with E-state index < -0.39 is 0 Å². The third-order valence-electron chi connectivity index (χ3n) is 6.84. The van der Waals surface area contributed by atoms with Crippen LogP contribution in [0, 0.1) is 11.8 Å². The van der Waals surface area contributed by atoms with Crippen LogP contribution >= 0.6 is 11.3 Å². The number of hydroxylamine groups is 1. The van der Waals surface area contributed by atoms with Crippen molar-refractivity contribution in [2.75, 3.05) is 31.1 Å². The van der Waals surface area contributed by atoms with Crippen LogP contribution in [0.25, 0.3) is 10.2 Å². The van der Waals surface area contributed by atoms with Crippen LogP contribution in [0.15, 0.2) is 71.3 Å². The number of nitrogens with zero attached hydrogens (tertiary/aromatic N) is 7. The molecule has 0 saturated carbocycles. The minimum Gasteiger partial charge on any atom is -0.352 e. The number of hydrogen-bond acceptors (Lipinski definition) is 9. The molecule has 40 heavy (non-hydrogen) atoms. The van der Waals surface area contributed by atoms with E-state index in [-0.39, 0.29) is 18.0 Å². The second-order valence-electron chi connectivity index (χ2n) is 9.59. The van der Waals surface area contributed by atoms with Crippen LogP contribution in [0.1, 0.15) is 41.6 Å². The predicted molar refractivity (Wildman–Crippen MR) is 158 cm³/mol. The molecule has 2 aromatic heterocycles. The van der Waals surface area contributed by atoms with Crippen molar-refractivity contribution < 1.29 is 9.63 Å². The Labute approximate surface area is 238 Å². The number of aromatic nitrogens is 2. The number of carbonyl (C=O) groups is 1. The number of aryl methyl sites for hydroxylation is 1. The van der Waals surface area contributed by atoms with Crippen LogP contribution < -0.4 is 4.90 Å². The zero-order valence-electron chi connectivity index (χ0n) is 23.0. The molecule has 1 fully saturated rings. The molecule has 10 heteroatoms. The Balaban J connectivity index is 1.17. The van der Waals surface area contributed by atoms with E-state index in [1.165, 1.54) is 10.0 Å². The van der Waals surface area contributed by atoms with Crippen molar-refractivity contribution in [2.45, 2.75) is 45.9 Å². The first kappa shape index (κ1) is 27.5. The topological polar surface area (TPSA) is 86.5 Å². The van der Waals surface area contributed by atoms with Crippen LogP contribution in [0.5, 0.6) is 0 Å². The second kappa shape index (κ2) is 12.9. The second-order valence-corrected chi connectivity index (χ2v) is 10.7. The number of carbonyl (C=O) groups excluding carboxylic acids is 1. The molecule has 3 aromatic rings. The zero-order chi connectivity index (χ0) is 27.9. The molecule has 2 aliphatic heterocycles. The molecule has 1 saturated heterocycles. The lowest BCUT2D eigenvalue weighted by Crippen LogP contribution is -2.49. The smallest absolute Gasteiger partial charge is 0.253 e. The summed E-state index contributed by atoms with van der Waals surface area (Å²) in [4.78, 5) is 34.7. The molecule has 206 valence electrons. The van der Waals surface area contributed by atoms with Gasteiger partial charge in [-0.2, -0.15) is 0 Å². The number of fused-ring (bicyclic) bond motifs is 1. The van der Waals surface area contributed by atoms with Gasteiger partial charge in [0.1, 0.15) is 23.6 Å². The van der Waals surface area contributed by atoms with E-state index in [4.69, 9.17) is 4.84 Å². The number of rotatable bonds is 6. The lowest BCUT2D eigenvalue weighted by Gasteiger charge is -2.35. The molecule has 0 N–H and O–H groups in total. The number of anilines is 1. The lowest BCUT2D eigenvalue weighted by atomic mass is 10.1. The van der Waals surface area contributed by atoms with Gasteiger partial charge in [-0.1, -0.05) is 43.2 Å². The number of benzene rings is 1. The summed E-state index contributed by atoms with van der Waals surface area (Å²) in [6.45, 7) is 8.97. The Kier molecular flexibility index (Phi) is 8.84. The summed E-state index contributed by atoms with van der Waals surface area (Å²) in [5, 5.41) is 11.1. The van der Waals surface area contributed by atoms with Crippen molar-refractivity contribution in [2.24, 2.45) is 10.3 Å². The summed E-state index contributed by atoms with van der Waals surface area (Å²) in [5.41, 5.74) is 1.60. The molecule has 1 aromatic carbocycles. The van der Waals surface area contributed by atoms with E-state index in [1.54, 1.807) is 24.6 Å². The van der Waals surface area contributed by atoms with E-state index in [1.807, 2.05) is 60.4 Å². The quantitative estimate of drug-likeness (QED) is 0.388. The molecule has 0 bridgehead atoms. The molecule has 0 spiro atoms. The summed E-state index contributed by atoms with van der Waals surface area (Å²) in [7, 11) is 0. The normalized spacial score (nSPS) is 20.8. The first-order valence-corrected chi connectivity index (χ1v) is 14.3. The highest BCUT2D eigenvalue weighted by Crippen LogP contribution is 2.31. The molecular formula is C30H33N7O2S. The minimum absolute atomic E-state index is 0.0342. The molecule has 1 amide bonds. The highest BCUT2D eigenvalue weighted by atomic mass is 32.1. The third-order valence-corrected chi connectivity index (χ3v) is 8.03. The lowest BCUT2D eigenvalue weighted by molar-refractivity contribution is -0.189. The number of thiophene rings is 1. The van der Waals surface area contributed by atoms with Gasteiger partial charge in [-0.15, -0.1) is 27.5 Å². The molecule has 0 radical (unpaired) electrons.